The molecule has 1 unspecified atom stereocenters. The van der Waals surface area contributed by atoms with Crippen molar-refractivity contribution in [2.45, 2.75) is 55.8 Å². The Hall–Kier alpha value is -5.65. The molecule has 8 rings (SSSR count). The smallest absolute Gasteiger partial charge is 0.255 e. The lowest BCUT2D eigenvalue weighted by atomic mass is 9.82. The minimum Gasteiger partial charge on any atom is -0.491 e. The summed E-state index contributed by atoms with van der Waals surface area (Å²) >= 11 is 0. The van der Waals surface area contributed by atoms with Crippen LogP contribution in [0.5, 0.6) is 5.75 Å². The molecule has 16 heteroatoms. The summed E-state index contributed by atoms with van der Waals surface area (Å²) in [6.07, 6.45) is 1.07. The molecule has 0 spiro atoms. The van der Waals surface area contributed by atoms with Crippen LogP contribution in [-0.2, 0) is 40.4 Å². The molecule has 60 heavy (non-hydrogen) atoms. The number of rotatable bonds is 15. The van der Waals surface area contributed by atoms with Gasteiger partial charge in [-0.15, -0.1) is 0 Å². The Morgan fingerprint density at radius 1 is 0.900 bits per heavy atom. The molecule has 0 aliphatic carbocycles. The Labute approximate surface area is 348 Å². The first-order chi connectivity index (χ1) is 29.0. The molecule has 2 fully saturated rings. The van der Waals surface area contributed by atoms with Gasteiger partial charge in [-0.05, 0) is 85.0 Å². The van der Waals surface area contributed by atoms with Gasteiger partial charge in [-0.1, -0.05) is 42.0 Å². The van der Waals surface area contributed by atoms with E-state index in [4.69, 9.17) is 14.2 Å². The van der Waals surface area contributed by atoms with E-state index >= 15 is 0 Å². The summed E-state index contributed by atoms with van der Waals surface area (Å²) < 4.78 is 46.6. The normalized spacial score (nSPS) is 21.2. The highest BCUT2D eigenvalue weighted by atomic mass is 32.2. The average molecular weight is 838 g/mol. The third kappa shape index (κ3) is 8.38. The number of benzene rings is 4. The van der Waals surface area contributed by atoms with E-state index in [-0.39, 0.29) is 93.6 Å². The summed E-state index contributed by atoms with van der Waals surface area (Å²) in [7, 11) is -3.81. The number of hydrogen-bond donors (Lipinski definition) is 4. The highest BCUT2D eigenvalue weighted by Gasteiger charge is 2.48. The number of carbonyl (C=O) groups excluding carboxylic acids is 4. The number of fused-ring (bicyclic) bond motifs is 4. The number of sulfonamides is 1. The average Bonchev–Trinajstić information content (AvgIpc) is 3.84. The van der Waals surface area contributed by atoms with Gasteiger partial charge in [0.25, 0.3) is 5.91 Å². The van der Waals surface area contributed by atoms with Gasteiger partial charge in [0.1, 0.15) is 25.0 Å². The van der Waals surface area contributed by atoms with Gasteiger partial charge in [0.15, 0.2) is 0 Å². The Morgan fingerprint density at radius 2 is 1.67 bits per heavy atom. The van der Waals surface area contributed by atoms with E-state index in [2.05, 4.69) is 16.0 Å². The fourth-order valence-electron chi connectivity index (χ4n) is 8.58. The van der Waals surface area contributed by atoms with E-state index < -0.39 is 28.0 Å². The molecule has 0 aromatic heterocycles. The highest BCUT2D eigenvalue weighted by Crippen LogP contribution is 2.49. The number of hydrogen-bond acceptors (Lipinski definition) is 11. The molecule has 4 aromatic carbocycles. The van der Waals surface area contributed by atoms with E-state index in [1.165, 1.54) is 4.90 Å². The van der Waals surface area contributed by atoms with Gasteiger partial charge in [-0.2, -0.15) is 4.31 Å². The molecule has 15 nitrogen and oxygen atoms in total. The van der Waals surface area contributed by atoms with Crippen molar-refractivity contribution < 1.29 is 46.9 Å². The maximum atomic E-state index is 14.0. The SMILES string of the molecule is Cc1ccc(S(=O)(=O)N2CC[C@@H]3[C@H](CO)Nc4ccc(-c5cccc(NC(=O)COCCOCCOc6cccc7c6CN(C6CCC(=O)NC6=O)C7=O)c5)cc4[C@@H]32)cc1. The van der Waals surface area contributed by atoms with Gasteiger partial charge in [0, 0.05) is 41.4 Å². The number of aliphatic hydroxyl groups is 1. The quantitative estimate of drug-likeness (QED) is 0.1000. The molecule has 4 aliphatic heterocycles. The van der Waals surface area contributed by atoms with Gasteiger partial charge in [0.2, 0.25) is 27.7 Å². The molecule has 4 heterocycles. The summed E-state index contributed by atoms with van der Waals surface area (Å²) in [4.78, 5) is 51.6. The molecule has 4 amide bonds. The van der Waals surface area contributed by atoms with Crippen LogP contribution in [0, 0.1) is 12.8 Å². The first kappa shape index (κ1) is 41.1. The zero-order valence-electron chi connectivity index (χ0n) is 33.1. The Balaban J connectivity index is 0.814. The zero-order chi connectivity index (χ0) is 42.0. The first-order valence-corrected chi connectivity index (χ1v) is 21.5. The van der Waals surface area contributed by atoms with Crippen molar-refractivity contribution in [2.24, 2.45) is 5.92 Å². The zero-order valence-corrected chi connectivity index (χ0v) is 33.9. The summed E-state index contributed by atoms with van der Waals surface area (Å²) in [6, 6.07) is 23.8. The molecule has 4 aliphatic rings. The first-order valence-electron chi connectivity index (χ1n) is 20.1. The van der Waals surface area contributed by atoms with E-state index in [0.717, 1.165) is 27.9 Å². The van der Waals surface area contributed by atoms with Gasteiger partial charge >= 0.3 is 0 Å². The van der Waals surface area contributed by atoms with E-state index in [1.807, 2.05) is 43.3 Å². The highest BCUT2D eigenvalue weighted by molar-refractivity contribution is 7.89. The summed E-state index contributed by atoms with van der Waals surface area (Å²) in [5.41, 5.74) is 5.99. The Morgan fingerprint density at radius 3 is 2.47 bits per heavy atom. The van der Waals surface area contributed by atoms with Crippen LogP contribution in [0.2, 0.25) is 0 Å². The van der Waals surface area contributed by atoms with Crippen LogP contribution in [-0.4, -0.2) is 105 Å². The van der Waals surface area contributed by atoms with E-state index in [1.54, 1.807) is 52.8 Å². The number of amides is 4. The Kier molecular flexibility index (Phi) is 12.0. The number of piperidine rings is 1. The van der Waals surface area contributed by atoms with Gasteiger partial charge < -0.3 is 34.9 Å². The van der Waals surface area contributed by atoms with Crippen molar-refractivity contribution in [2.75, 3.05) is 56.8 Å². The minimum atomic E-state index is -3.81. The standard InChI is InChI=1S/C44H47N5O10S/c1-27-8-11-31(12-9-27)60(55,56)49-17-16-33-37(25-50)46-36-13-10-29(23-34(36)42(33)49)28-4-2-5-30(22-28)45-41(52)26-58-19-18-57-20-21-59-39-7-3-6-32-35(39)24-48(44(32)54)38-14-15-40(51)47-43(38)53/h2-13,22-23,33,37-38,42,46,50H,14-21,24-26H2,1H3,(H,45,52)(H,47,51,53)/t33-,37+,38?,42-/m1/s1. The molecule has 4 N–H and O–H groups in total. The molecular weight excluding hydrogens is 791 g/mol. The number of nitrogens with one attached hydrogen (secondary N) is 3. The second-order valence-electron chi connectivity index (χ2n) is 15.4. The lowest BCUT2D eigenvalue weighted by molar-refractivity contribution is -0.137. The number of imide groups is 1. The molecule has 0 radical (unpaired) electrons. The van der Waals surface area contributed by atoms with E-state index in [0.29, 0.717) is 35.5 Å². The number of aliphatic hydroxyl groups excluding tert-OH is 1. The molecule has 0 bridgehead atoms. The number of ether oxygens (including phenoxy) is 3. The van der Waals surface area contributed by atoms with Crippen molar-refractivity contribution in [1.29, 1.82) is 0 Å². The van der Waals surface area contributed by atoms with E-state index in [9.17, 15) is 32.7 Å². The predicted octanol–water partition coefficient (Wildman–Crippen LogP) is 4.01. The summed E-state index contributed by atoms with van der Waals surface area (Å²) in [6.45, 7) is 2.98. The summed E-state index contributed by atoms with van der Waals surface area (Å²) in [5, 5.41) is 18.9. The molecule has 2 saturated heterocycles. The van der Waals surface area contributed by atoms with Crippen molar-refractivity contribution in [3.63, 3.8) is 0 Å². The summed E-state index contributed by atoms with van der Waals surface area (Å²) in [5.74, 6) is -1.02. The van der Waals surface area contributed by atoms with Crippen molar-refractivity contribution in [3.8, 4) is 16.9 Å². The fourth-order valence-corrected chi connectivity index (χ4v) is 10.2. The van der Waals surface area contributed by atoms with Crippen molar-refractivity contribution in [1.82, 2.24) is 14.5 Å². The van der Waals surface area contributed by atoms with Crippen molar-refractivity contribution >= 4 is 45.0 Å². The maximum Gasteiger partial charge on any atom is 0.255 e. The molecular formula is C44H47N5O10S. The monoisotopic (exact) mass is 837 g/mol. The third-order valence-corrected chi connectivity index (χ3v) is 13.5. The van der Waals surface area contributed by atoms with Crippen LogP contribution in [0.3, 0.4) is 0 Å². The molecule has 314 valence electrons. The largest absolute Gasteiger partial charge is 0.491 e. The van der Waals surface area contributed by atoms with Crippen LogP contribution in [0.25, 0.3) is 11.1 Å². The second-order valence-corrected chi connectivity index (χ2v) is 17.3. The number of carbonyl (C=O) groups is 4. The maximum absolute atomic E-state index is 14.0. The number of aryl methyl sites for hydroxylation is 1. The van der Waals surface area contributed by atoms with Gasteiger partial charge in [-0.25, -0.2) is 8.42 Å². The van der Waals surface area contributed by atoms with Gasteiger partial charge in [-0.3, -0.25) is 24.5 Å². The minimum absolute atomic E-state index is 0.118. The topological polar surface area (TPSA) is 193 Å². The Bertz CT molecular complexity index is 2410. The van der Waals surface area contributed by atoms with Crippen LogP contribution < -0.4 is 20.7 Å². The third-order valence-electron chi connectivity index (χ3n) is 11.6. The van der Waals surface area contributed by atoms with Crippen molar-refractivity contribution in [3.05, 3.63) is 107 Å². The second kappa shape index (κ2) is 17.5. The lowest BCUT2D eigenvalue weighted by Crippen LogP contribution is -2.52. The molecule has 4 atom stereocenters. The van der Waals surface area contributed by atoms with Crippen LogP contribution in [0.15, 0.2) is 89.8 Å². The number of anilines is 2. The molecule has 4 aromatic rings. The predicted molar refractivity (Wildman–Crippen MR) is 221 cm³/mol. The van der Waals surface area contributed by atoms with Crippen LogP contribution >= 0.6 is 0 Å². The lowest BCUT2D eigenvalue weighted by Gasteiger charge is -2.39. The van der Waals surface area contributed by atoms with Crippen LogP contribution in [0.4, 0.5) is 11.4 Å². The van der Waals surface area contributed by atoms with Gasteiger partial charge in [0.05, 0.1) is 50.0 Å². The molecule has 0 saturated carbocycles. The fraction of sp³-hybridized carbons (Fsp3) is 0.364. The van der Waals surface area contributed by atoms with Crippen LogP contribution in [0.1, 0.15) is 52.4 Å². The number of nitrogens with zero attached hydrogens (tertiary/aromatic N) is 2.